The third-order valence-corrected chi connectivity index (χ3v) is 5.40. The SMILES string of the molecule is Cl[C@]12C[C@@H]3C[C@H](C1)C1C2[C@@H]1C3. The number of rotatable bonds is 0. The van der Waals surface area contributed by atoms with Crippen molar-refractivity contribution in [2.75, 3.05) is 0 Å². The van der Waals surface area contributed by atoms with Crippen molar-refractivity contribution in [1.82, 2.24) is 0 Å². The molecule has 1 heteroatoms. The Bertz CT molecular complexity index is 237. The van der Waals surface area contributed by atoms with E-state index in [4.69, 9.17) is 11.6 Å². The number of hydrogen-bond acceptors (Lipinski definition) is 0. The van der Waals surface area contributed by atoms with Crippen LogP contribution in [0.4, 0.5) is 0 Å². The van der Waals surface area contributed by atoms with Gasteiger partial charge in [-0.25, -0.2) is 0 Å². The highest BCUT2D eigenvalue weighted by molar-refractivity contribution is 6.24. The Labute approximate surface area is 72.3 Å². The van der Waals surface area contributed by atoms with Gasteiger partial charge < -0.3 is 0 Å². The Hall–Kier alpha value is 0.290. The lowest BCUT2D eigenvalue weighted by molar-refractivity contribution is 0.143. The first-order chi connectivity index (χ1) is 5.28. The van der Waals surface area contributed by atoms with Crippen LogP contribution in [0.1, 0.15) is 25.7 Å². The van der Waals surface area contributed by atoms with E-state index >= 15 is 0 Å². The summed E-state index contributed by atoms with van der Waals surface area (Å²) in [6, 6.07) is 0. The molecular formula is C10H13Cl. The molecule has 60 valence electrons. The summed E-state index contributed by atoms with van der Waals surface area (Å²) in [6.45, 7) is 0. The van der Waals surface area contributed by atoms with Gasteiger partial charge in [-0.15, -0.1) is 11.6 Å². The van der Waals surface area contributed by atoms with Crippen molar-refractivity contribution in [3.05, 3.63) is 0 Å². The lowest BCUT2D eigenvalue weighted by Gasteiger charge is -2.42. The number of halogens is 1. The zero-order valence-corrected chi connectivity index (χ0v) is 7.35. The lowest BCUT2D eigenvalue weighted by atomic mass is 9.67. The molecule has 4 bridgehead atoms. The summed E-state index contributed by atoms with van der Waals surface area (Å²) in [5.74, 6) is 5.28. The summed E-state index contributed by atoms with van der Waals surface area (Å²) >= 11 is 6.62. The fourth-order valence-corrected chi connectivity index (χ4v) is 5.52. The van der Waals surface area contributed by atoms with Crippen molar-refractivity contribution in [2.24, 2.45) is 29.6 Å². The van der Waals surface area contributed by atoms with Crippen LogP contribution in [0.15, 0.2) is 0 Å². The maximum atomic E-state index is 6.62. The molecule has 11 heavy (non-hydrogen) atoms. The zero-order valence-electron chi connectivity index (χ0n) is 6.59. The molecule has 0 radical (unpaired) electrons. The van der Waals surface area contributed by atoms with Crippen LogP contribution in [0.5, 0.6) is 0 Å². The van der Waals surface area contributed by atoms with Crippen LogP contribution >= 0.6 is 11.6 Å². The molecule has 0 aromatic heterocycles. The normalized spacial score (nSPS) is 75.5. The van der Waals surface area contributed by atoms with E-state index < -0.39 is 0 Å². The Morgan fingerprint density at radius 2 is 2.09 bits per heavy atom. The molecule has 0 aliphatic heterocycles. The average molecular weight is 169 g/mol. The minimum Gasteiger partial charge on any atom is -0.119 e. The van der Waals surface area contributed by atoms with Crippen LogP contribution in [0.2, 0.25) is 0 Å². The van der Waals surface area contributed by atoms with E-state index in [2.05, 4.69) is 0 Å². The molecule has 0 N–H and O–H groups in total. The molecule has 5 aliphatic carbocycles. The van der Waals surface area contributed by atoms with Crippen LogP contribution in [-0.2, 0) is 0 Å². The van der Waals surface area contributed by atoms with Crippen molar-refractivity contribution >= 4 is 11.6 Å². The Kier molecular flexibility index (Phi) is 0.739. The Morgan fingerprint density at radius 1 is 1.18 bits per heavy atom. The molecule has 0 amide bonds. The van der Waals surface area contributed by atoms with E-state index in [0.717, 1.165) is 29.6 Å². The summed E-state index contributed by atoms with van der Waals surface area (Å²) < 4.78 is 0. The second-order valence-corrected chi connectivity index (χ2v) is 6.06. The van der Waals surface area contributed by atoms with Gasteiger partial charge in [0.25, 0.3) is 0 Å². The molecule has 2 unspecified atom stereocenters. The molecule has 0 spiro atoms. The Morgan fingerprint density at radius 3 is 2.82 bits per heavy atom. The number of alkyl halides is 1. The van der Waals surface area contributed by atoms with Crippen molar-refractivity contribution < 1.29 is 0 Å². The molecule has 0 aromatic carbocycles. The monoisotopic (exact) mass is 168 g/mol. The highest BCUT2D eigenvalue weighted by Gasteiger charge is 2.74. The molecule has 0 saturated heterocycles. The molecule has 5 fully saturated rings. The van der Waals surface area contributed by atoms with Gasteiger partial charge >= 0.3 is 0 Å². The zero-order chi connectivity index (χ0) is 7.22. The van der Waals surface area contributed by atoms with E-state index in [1.807, 2.05) is 0 Å². The van der Waals surface area contributed by atoms with Gasteiger partial charge in [0, 0.05) is 4.87 Å². The summed E-state index contributed by atoms with van der Waals surface area (Å²) in [5.41, 5.74) is 0. The molecule has 6 atom stereocenters. The fourth-order valence-electron chi connectivity index (χ4n) is 4.80. The van der Waals surface area contributed by atoms with Gasteiger partial charge in [0.05, 0.1) is 0 Å². The van der Waals surface area contributed by atoms with Gasteiger partial charge in [-0.2, -0.15) is 0 Å². The van der Waals surface area contributed by atoms with Crippen molar-refractivity contribution in [2.45, 2.75) is 30.6 Å². The fraction of sp³-hybridized carbons (Fsp3) is 1.00. The summed E-state index contributed by atoms with van der Waals surface area (Å²) in [7, 11) is 0. The lowest BCUT2D eigenvalue weighted by Crippen LogP contribution is -2.38. The van der Waals surface area contributed by atoms with E-state index in [-0.39, 0.29) is 0 Å². The van der Waals surface area contributed by atoms with Crippen molar-refractivity contribution in [3.8, 4) is 0 Å². The smallest absolute Gasteiger partial charge is 0.0485 e. The molecule has 5 saturated carbocycles. The summed E-state index contributed by atoms with van der Waals surface area (Å²) in [6.07, 6.45) is 5.81. The minimum atomic E-state index is 0.321. The average Bonchev–Trinajstić information content (AvgIpc) is 2.55. The topological polar surface area (TPSA) is 0 Å². The quantitative estimate of drug-likeness (QED) is 0.488. The maximum Gasteiger partial charge on any atom is 0.0485 e. The third kappa shape index (κ3) is 0.482. The van der Waals surface area contributed by atoms with Crippen molar-refractivity contribution in [1.29, 1.82) is 0 Å². The standard InChI is InChI=1S/C10H13Cl/c11-10-3-5-1-6(4-10)8-7(2-5)9(8)10/h5-9H,1-4H2/t5-,6-,7-,8?,9?,10-/m1/s1. The van der Waals surface area contributed by atoms with Crippen LogP contribution < -0.4 is 0 Å². The molecule has 0 aromatic rings. The first kappa shape index (κ1) is 5.85. The van der Waals surface area contributed by atoms with Crippen molar-refractivity contribution in [3.63, 3.8) is 0 Å². The van der Waals surface area contributed by atoms with E-state index in [1.165, 1.54) is 19.3 Å². The molecule has 5 rings (SSSR count). The second-order valence-electron chi connectivity index (χ2n) is 5.31. The van der Waals surface area contributed by atoms with E-state index in [1.54, 1.807) is 6.42 Å². The van der Waals surface area contributed by atoms with Gasteiger partial charge in [-0.3, -0.25) is 0 Å². The van der Waals surface area contributed by atoms with E-state index in [0.29, 0.717) is 4.87 Å². The van der Waals surface area contributed by atoms with Gasteiger partial charge in [-0.05, 0) is 55.3 Å². The predicted molar refractivity (Wildman–Crippen MR) is 44.5 cm³/mol. The third-order valence-electron chi connectivity index (χ3n) is 4.84. The van der Waals surface area contributed by atoms with Crippen LogP contribution in [-0.4, -0.2) is 4.87 Å². The Balaban J connectivity index is 1.90. The molecular weight excluding hydrogens is 156 g/mol. The van der Waals surface area contributed by atoms with Gasteiger partial charge in [-0.1, -0.05) is 0 Å². The van der Waals surface area contributed by atoms with Gasteiger partial charge in [0.15, 0.2) is 0 Å². The molecule has 0 nitrogen and oxygen atoms in total. The van der Waals surface area contributed by atoms with E-state index in [9.17, 15) is 0 Å². The summed E-state index contributed by atoms with van der Waals surface area (Å²) in [5, 5.41) is 0. The highest BCUT2D eigenvalue weighted by atomic mass is 35.5. The predicted octanol–water partition coefficient (Wildman–Crippen LogP) is 2.66. The molecule has 5 aliphatic rings. The first-order valence-corrected chi connectivity index (χ1v) is 5.35. The highest BCUT2D eigenvalue weighted by Crippen LogP contribution is 2.78. The van der Waals surface area contributed by atoms with Gasteiger partial charge in [0.2, 0.25) is 0 Å². The van der Waals surface area contributed by atoms with Crippen LogP contribution in [0.25, 0.3) is 0 Å². The summed E-state index contributed by atoms with van der Waals surface area (Å²) in [4.78, 5) is 0.321. The van der Waals surface area contributed by atoms with Crippen LogP contribution in [0.3, 0.4) is 0 Å². The number of hydrogen-bond donors (Lipinski definition) is 0. The van der Waals surface area contributed by atoms with Crippen LogP contribution in [0, 0.1) is 29.6 Å². The maximum absolute atomic E-state index is 6.62. The second kappa shape index (κ2) is 1.39. The molecule has 0 heterocycles. The van der Waals surface area contributed by atoms with Gasteiger partial charge in [0.1, 0.15) is 0 Å². The largest absolute Gasteiger partial charge is 0.119 e. The first-order valence-electron chi connectivity index (χ1n) is 4.97. The minimum absolute atomic E-state index is 0.321.